The Bertz CT molecular complexity index is 515. The molecule has 0 saturated carbocycles. The van der Waals surface area contributed by atoms with Crippen LogP contribution in [0.25, 0.3) is 11.5 Å². The lowest BCUT2D eigenvalue weighted by molar-refractivity contribution is 0.445. The van der Waals surface area contributed by atoms with Gasteiger partial charge >= 0.3 is 0 Å². The van der Waals surface area contributed by atoms with Crippen LogP contribution >= 0.6 is 22.6 Å². The number of halogens is 4. The van der Waals surface area contributed by atoms with Crippen molar-refractivity contribution in [1.82, 2.24) is 10.2 Å². The smallest absolute Gasteiger partial charge is 0.278 e. The largest absolute Gasteiger partial charge is 0.412 e. The monoisotopic (exact) mass is 326 g/mol. The van der Waals surface area contributed by atoms with Crippen LogP contribution in [0.1, 0.15) is 0 Å². The lowest BCUT2D eigenvalue weighted by Crippen LogP contribution is -1.93. The van der Waals surface area contributed by atoms with Crippen molar-refractivity contribution in [1.29, 1.82) is 0 Å². The number of nitrogens with zero attached hydrogens (tertiary/aromatic N) is 2. The van der Waals surface area contributed by atoms with Crippen molar-refractivity contribution >= 4 is 22.6 Å². The summed E-state index contributed by atoms with van der Waals surface area (Å²) in [6.45, 7) is 0. The van der Waals surface area contributed by atoms with Crippen LogP contribution in [0.3, 0.4) is 0 Å². The van der Waals surface area contributed by atoms with Gasteiger partial charge in [-0.05, 0) is 12.1 Å². The minimum absolute atomic E-state index is 0.184. The Kier molecular flexibility index (Phi) is 2.63. The zero-order valence-corrected chi connectivity index (χ0v) is 9.13. The first-order chi connectivity index (χ1) is 7.09. The van der Waals surface area contributed by atoms with E-state index in [9.17, 15) is 13.2 Å². The summed E-state index contributed by atoms with van der Waals surface area (Å²) < 4.78 is 43.7. The van der Waals surface area contributed by atoms with Gasteiger partial charge in [-0.15, -0.1) is 10.2 Å². The Morgan fingerprint density at radius 2 is 1.80 bits per heavy atom. The van der Waals surface area contributed by atoms with Crippen molar-refractivity contribution in [3.8, 4) is 11.5 Å². The van der Waals surface area contributed by atoms with Gasteiger partial charge in [0.1, 0.15) is 0 Å². The van der Waals surface area contributed by atoms with Gasteiger partial charge in [0.05, 0.1) is 5.56 Å². The molecule has 0 atom stereocenters. The molecule has 1 aromatic carbocycles. The topological polar surface area (TPSA) is 38.9 Å². The maximum Gasteiger partial charge on any atom is 0.278 e. The summed E-state index contributed by atoms with van der Waals surface area (Å²) in [7, 11) is 0. The third-order valence-electron chi connectivity index (χ3n) is 1.67. The summed E-state index contributed by atoms with van der Waals surface area (Å²) in [5, 5.41) is 6.94. The Morgan fingerprint density at radius 1 is 1.07 bits per heavy atom. The van der Waals surface area contributed by atoms with Crippen molar-refractivity contribution in [2.75, 3.05) is 0 Å². The van der Waals surface area contributed by atoms with E-state index in [-0.39, 0.29) is 15.4 Å². The minimum Gasteiger partial charge on any atom is -0.412 e. The van der Waals surface area contributed by atoms with E-state index < -0.39 is 17.5 Å². The van der Waals surface area contributed by atoms with Crippen LogP contribution in [0.2, 0.25) is 0 Å². The van der Waals surface area contributed by atoms with Gasteiger partial charge in [0, 0.05) is 22.6 Å². The fourth-order valence-corrected chi connectivity index (χ4v) is 1.32. The summed E-state index contributed by atoms with van der Waals surface area (Å²) in [5.74, 6) is -4.34. The molecule has 0 aliphatic heterocycles. The summed E-state index contributed by atoms with van der Waals surface area (Å²) in [6, 6.07) is 1.84. The fourth-order valence-electron chi connectivity index (χ4n) is 1.01. The zero-order valence-electron chi connectivity index (χ0n) is 6.97. The van der Waals surface area contributed by atoms with Crippen molar-refractivity contribution in [2.24, 2.45) is 0 Å². The van der Waals surface area contributed by atoms with Crippen molar-refractivity contribution in [3.05, 3.63) is 33.5 Å². The van der Waals surface area contributed by atoms with Crippen molar-refractivity contribution in [3.63, 3.8) is 0 Å². The quantitative estimate of drug-likeness (QED) is 0.598. The Morgan fingerprint density at radius 3 is 2.40 bits per heavy atom. The first-order valence-electron chi connectivity index (χ1n) is 3.72. The Hall–Kier alpha value is -1.12. The molecule has 0 fully saturated rings. The molecule has 2 aromatic rings. The van der Waals surface area contributed by atoms with Gasteiger partial charge < -0.3 is 4.42 Å². The van der Waals surface area contributed by atoms with E-state index in [0.717, 1.165) is 12.1 Å². The Balaban J connectivity index is 2.59. The predicted octanol–water partition coefficient (Wildman–Crippen LogP) is 2.76. The SMILES string of the molecule is Fc1ccc(-c2nnc(I)o2)c(F)c1F. The van der Waals surface area contributed by atoms with Crippen LogP contribution in [0.4, 0.5) is 13.2 Å². The molecule has 0 N–H and O–H groups in total. The number of hydrogen-bond donors (Lipinski definition) is 0. The molecule has 2 rings (SSSR count). The highest BCUT2D eigenvalue weighted by atomic mass is 127. The first-order valence-corrected chi connectivity index (χ1v) is 4.80. The molecule has 0 aliphatic rings. The van der Waals surface area contributed by atoms with E-state index in [1.165, 1.54) is 0 Å². The molecule has 0 amide bonds. The van der Waals surface area contributed by atoms with Gasteiger partial charge in [0.25, 0.3) is 9.79 Å². The highest BCUT2D eigenvalue weighted by molar-refractivity contribution is 14.1. The molecule has 7 heteroatoms. The third kappa shape index (κ3) is 1.83. The molecule has 0 aliphatic carbocycles. The van der Waals surface area contributed by atoms with Crippen molar-refractivity contribution in [2.45, 2.75) is 0 Å². The molecular weight excluding hydrogens is 324 g/mol. The Labute approximate surface area is 95.4 Å². The number of aromatic nitrogens is 2. The van der Waals surface area contributed by atoms with Crippen molar-refractivity contribution < 1.29 is 17.6 Å². The normalized spacial score (nSPS) is 10.7. The van der Waals surface area contributed by atoms with Crippen LogP contribution in [-0.4, -0.2) is 10.2 Å². The van der Waals surface area contributed by atoms with E-state index >= 15 is 0 Å². The van der Waals surface area contributed by atoms with Gasteiger partial charge in [0.15, 0.2) is 17.5 Å². The second-order valence-electron chi connectivity index (χ2n) is 2.58. The first kappa shape index (κ1) is 10.4. The molecule has 78 valence electrons. The third-order valence-corrected chi connectivity index (χ3v) is 2.10. The second kappa shape index (κ2) is 3.80. The summed E-state index contributed by atoms with van der Waals surface area (Å²) in [5.41, 5.74) is -0.260. The maximum absolute atomic E-state index is 13.2. The molecule has 1 aromatic heterocycles. The number of rotatable bonds is 1. The molecular formula is C8H2F3IN2O. The predicted molar refractivity (Wildman–Crippen MR) is 52.3 cm³/mol. The fraction of sp³-hybridized carbons (Fsp3) is 0. The summed E-state index contributed by atoms with van der Waals surface area (Å²) in [4.78, 5) is 0. The average molecular weight is 326 g/mol. The number of hydrogen-bond acceptors (Lipinski definition) is 3. The van der Waals surface area contributed by atoms with Gasteiger partial charge in [0.2, 0.25) is 0 Å². The highest BCUT2D eigenvalue weighted by Gasteiger charge is 2.18. The zero-order chi connectivity index (χ0) is 11.0. The molecule has 15 heavy (non-hydrogen) atoms. The molecule has 0 saturated heterocycles. The number of benzene rings is 1. The van der Waals surface area contributed by atoms with Gasteiger partial charge in [-0.2, -0.15) is 0 Å². The van der Waals surface area contributed by atoms with E-state index in [1.807, 2.05) is 0 Å². The second-order valence-corrected chi connectivity index (χ2v) is 3.51. The molecule has 0 spiro atoms. The van der Waals surface area contributed by atoms with Gasteiger partial charge in [-0.3, -0.25) is 0 Å². The lowest BCUT2D eigenvalue weighted by atomic mass is 10.2. The lowest BCUT2D eigenvalue weighted by Gasteiger charge is -1.99. The van der Waals surface area contributed by atoms with Crippen LogP contribution in [-0.2, 0) is 0 Å². The maximum atomic E-state index is 13.2. The minimum atomic E-state index is -1.55. The highest BCUT2D eigenvalue weighted by Crippen LogP contribution is 2.24. The molecule has 0 radical (unpaired) electrons. The molecule has 0 bridgehead atoms. The summed E-state index contributed by atoms with van der Waals surface area (Å²) >= 11 is 1.72. The molecule has 1 heterocycles. The van der Waals surface area contributed by atoms with Crippen LogP contribution < -0.4 is 0 Å². The van der Waals surface area contributed by atoms with E-state index in [0.29, 0.717) is 0 Å². The van der Waals surface area contributed by atoms with Crippen LogP contribution in [0, 0.1) is 21.3 Å². The summed E-state index contributed by atoms with van der Waals surface area (Å²) in [6.07, 6.45) is 0. The van der Waals surface area contributed by atoms with E-state index in [2.05, 4.69) is 10.2 Å². The van der Waals surface area contributed by atoms with E-state index in [4.69, 9.17) is 4.42 Å². The van der Waals surface area contributed by atoms with Gasteiger partial charge in [-0.25, -0.2) is 13.2 Å². The average Bonchev–Trinajstić information content (AvgIpc) is 2.61. The van der Waals surface area contributed by atoms with Gasteiger partial charge in [-0.1, -0.05) is 0 Å². The van der Waals surface area contributed by atoms with Crippen LogP contribution in [0.15, 0.2) is 16.5 Å². The standard InChI is InChI=1S/C8H2F3IN2O/c9-4-2-1-3(5(10)6(4)11)7-13-14-8(12)15-7/h1-2H. The molecule has 3 nitrogen and oxygen atoms in total. The van der Waals surface area contributed by atoms with Crippen LogP contribution in [0.5, 0.6) is 0 Å². The van der Waals surface area contributed by atoms with E-state index in [1.54, 1.807) is 22.6 Å². The molecule has 0 unspecified atom stereocenters.